The fraction of sp³-hybridized carbons (Fsp3) is 0.462. The first-order chi connectivity index (χ1) is 17.4. The zero-order valence-corrected chi connectivity index (χ0v) is 24.2. The summed E-state index contributed by atoms with van der Waals surface area (Å²) in [5, 5.41) is 3.77. The second kappa shape index (κ2) is 13.9. The summed E-state index contributed by atoms with van der Waals surface area (Å²) in [6.45, 7) is 5.73. The Labute approximate surface area is 229 Å². The van der Waals surface area contributed by atoms with Crippen LogP contribution in [0.3, 0.4) is 0 Å². The van der Waals surface area contributed by atoms with E-state index < -0.39 is 16.1 Å². The van der Waals surface area contributed by atoms with Gasteiger partial charge in [-0.05, 0) is 68.7 Å². The zero-order valence-electron chi connectivity index (χ0n) is 21.8. The van der Waals surface area contributed by atoms with E-state index in [1.807, 2.05) is 13.8 Å². The molecule has 204 valence electrons. The summed E-state index contributed by atoms with van der Waals surface area (Å²) in [5.41, 5.74) is 1.13. The normalized spacial score (nSPS) is 12.9. The molecular formula is C26H35Cl2N3O5S. The lowest BCUT2D eigenvalue weighted by atomic mass is 10.1. The molecule has 0 spiro atoms. The van der Waals surface area contributed by atoms with Crippen LogP contribution in [0.5, 0.6) is 5.75 Å². The Kier molecular flexibility index (Phi) is 11.5. The van der Waals surface area contributed by atoms with Crippen molar-refractivity contribution in [3.63, 3.8) is 0 Å². The third-order valence-corrected chi connectivity index (χ3v) is 7.82. The molecule has 0 aliphatic heterocycles. The first-order valence-electron chi connectivity index (χ1n) is 12.0. The van der Waals surface area contributed by atoms with Crippen LogP contribution in [0, 0.1) is 0 Å². The molecule has 0 fully saturated rings. The van der Waals surface area contributed by atoms with Crippen molar-refractivity contribution in [2.75, 3.05) is 24.2 Å². The van der Waals surface area contributed by atoms with Gasteiger partial charge in [0.1, 0.15) is 11.8 Å². The second-order valence-electron chi connectivity index (χ2n) is 8.89. The summed E-state index contributed by atoms with van der Waals surface area (Å²) in [5.74, 6) is 0.0401. The number of hydrogen-bond acceptors (Lipinski definition) is 5. The van der Waals surface area contributed by atoms with Crippen molar-refractivity contribution < 1.29 is 22.7 Å². The average Bonchev–Trinajstić information content (AvgIpc) is 2.84. The first-order valence-corrected chi connectivity index (χ1v) is 14.6. The zero-order chi connectivity index (χ0) is 27.8. The highest BCUT2D eigenvalue weighted by Crippen LogP contribution is 2.25. The second-order valence-corrected chi connectivity index (χ2v) is 11.6. The van der Waals surface area contributed by atoms with Crippen molar-refractivity contribution >= 4 is 50.7 Å². The molecule has 0 aliphatic carbocycles. The van der Waals surface area contributed by atoms with E-state index >= 15 is 0 Å². The van der Waals surface area contributed by atoms with Crippen molar-refractivity contribution in [2.45, 2.75) is 58.7 Å². The van der Waals surface area contributed by atoms with Crippen LogP contribution in [-0.4, -0.2) is 57.1 Å². The number of carbonyl (C=O) groups is 2. The van der Waals surface area contributed by atoms with E-state index in [1.165, 1.54) is 16.3 Å². The van der Waals surface area contributed by atoms with E-state index in [-0.39, 0.29) is 43.8 Å². The van der Waals surface area contributed by atoms with Crippen LogP contribution in [-0.2, 0) is 26.2 Å². The number of nitrogens with one attached hydrogen (secondary N) is 1. The molecule has 11 heteroatoms. The van der Waals surface area contributed by atoms with Crippen LogP contribution in [0.4, 0.5) is 5.69 Å². The Morgan fingerprint density at radius 3 is 2.27 bits per heavy atom. The Bertz CT molecular complexity index is 1180. The van der Waals surface area contributed by atoms with Crippen molar-refractivity contribution in [3.8, 4) is 5.75 Å². The lowest BCUT2D eigenvalue weighted by Crippen LogP contribution is -2.49. The van der Waals surface area contributed by atoms with Gasteiger partial charge in [-0.15, -0.1) is 0 Å². The van der Waals surface area contributed by atoms with Gasteiger partial charge in [-0.2, -0.15) is 0 Å². The van der Waals surface area contributed by atoms with E-state index in [0.717, 1.165) is 12.7 Å². The van der Waals surface area contributed by atoms with Crippen molar-refractivity contribution in [1.82, 2.24) is 10.2 Å². The number of hydrogen-bond donors (Lipinski definition) is 1. The molecule has 0 bridgehead atoms. The van der Waals surface area contributed by atoms with Crippen LogP contribution in [0.15, 0.2) is 42.5 Å². The molecular weight excluding hydrogens is 537 g/mol. The number of halogens is 2. The SMILES string of the molecule is CCC(C)NC(=O)C(C)N(Cc1ccc(Cl)cc1Cl)C(=O)CCCN(c1ccc(OC)cc1)S(C)(=O)=O. The average molecular weight is 573 g/mol. The summed E-state index contributed by atoms with van der Waals surface area (Å²) in [6.07, 6.45) is 2.16. The number of ether oxygens (including phenoxy) is 1. The summed E-state index contributed by atoms with van der Waals surface area (Å²) in [7, 11) is -2.06. The summed E-state index contributed by atoms with van der Waals surface area (Å²) < 4.78 is 31.3. The Morgan fingerprint density at radius 2 is 1.73 bits per heavy atom. The van der Waals surface area contributed by atoms with E-state index in [1.54, 1.807) is 49.4 Å². The minimum absolute atomic E-state index is 0.0360. The predicted molar refractivity (Wildman–Crippen MR) is 149 cm³/mol. The number of benzene rings is 2. The molecule has 0 heterocycles. The summed E-state index contributed by atoms with van der Waals surface area (Å²) in [6, 6.07) is 10.8. The van der Waals surface area contributed by atoms with Gasteiger partial charge < -0.3 is 15.0 Å². The molecule has 0 saturated heterocycles. The smallest absolute Gasteiger partial charge is 0.242 e. The van der Waals surface area contributed by atoms with Gasteiger partial charge in [-0.25, -0.2) is 8.42 Å². The summed E-state index contributed by atoms with van der Waals surface area (Å²) in [4.78, 5) is 27.7. The summed E-state index contributed by atoms with van der Waals surface area (Å²) >= 11 is 12.4. The Morgan fingerprint density at radius 1 is 1.08 bits per heavy atom. The van der Waals surface area contributed by atoms with Gasteiger partial charge in [0.15, 0.2) is 0 Å². The van der Waals surface area contributed by atoms with Gasteiger partial charge in [0.05, 0.1) is 19.1 Å². The quantitative estimate of drug-likeness (QED) is 0.369. The van der Waals surface area contributed by atoms with E-state index in [2.05, 4.69) is 5.32 Å². The van der Waals surface area contributed by atoms with E-state index in [4.69, 9.17) is 27.9 Å². The number of anilines is 1. The maximum Gasteiger partial charge on any atom is 0.242 e. The molecule has 0 saturated carbocycles. The number of amides is 2. The maximum atomic E-state index is 13.4. The lowest BCUT2D eigenvalue weighted by molar-refractivity contribution is -0.140. The van der Waals surface area contributed by atoms with Gasteiger partial charge in [0.25, 0.3) is 0 Å². The van der Waals surface area contributed by atoms with Crippen LogP contribution < -0.4 is 14.4 Å². The van der Waals surface area contributed by atoms with Crippen molar-refractivity contribution in [3.05, 3.63) is 58.1 Å². The highest BCUT2D eigenvalue weighted by molar-refractivity contribution is 7.92. The molecule has 2 aromatic carbocycles. The third-order valence-electron chi connectivity index (χ3n) is 6.04. The monoisotopic (exact) mass is 571 g/mol. The molecule has 2 amide bonds. The van der Waals surface area contributed by atoms with E-state index in [0.29, 0.717) is 27.0 Å². The molecule has 1 N–H and O–H groups in total. The maximum absolute atomic E-state index is 13.4. The van der Waals surface area contributed by atoms with Crippen LogP contribution in [0.2, 0.25) is 10.0 Å². The van der Waals surface area contributed by atoms with Gasteiger partial charge in [-0.1, -0.05) is 36.2 Å². The molecule has 2 atom stereocenters. The van der Waals surface area contributed by atoms with Gasteiger partial charge in [0, 0.05) is 35.6 Å². The number of rotatable bonds is 13. The number of carbonyl (C=O) groups excluding carboxylic acids is 2. The fourth-order valence-electron chi connectivity index (χ4n) is 3.63. The van der Waals surface area contributed by atoms with Crippen LogP contribution in [0.25, 0.3) is 0 Å². The Hall–Kier alpha value is -2.49. The molecule has 2 rings (SSSR count). The molecule has 0 radical (unpaired) electrons. The van der Waals surface area contributed by atoms with E-state index in [9.17, 15) is 18.0 Å². The fourth-order valence-corrected chi connectivity index (χ4v) is 5.07. The van der Waals surface area contributed by atoms with Crippen molar-refractivity contribution in [2.24, 2.45) is 0 Å². The number of sulfonamides is 1. The first kappa shape index (κ1) is 30.7. The lowest BCUT2D eigenvalue weighted by Gasteiger charge is -2.30. The predicted octanol–water partition coefficient (Wildman–Crippen LogP) is 4.88. The molecule has 37 heavy (non-hydrogen) atoms. The number of methoxy groups -OCH3 is 1. The molecule has 0 aromatic heterocycles. The van der Waals surface area contributed by atoms with Gasteiger partial charge in [0.2, 0.25) is 21.8 Å². The largest absolute Gasteiger partial charge is 0.497 e. The van der Waals surface area contributed by atoms with Gasteiger partial charge >= 0.3 is 0 Å². The minimum Gasteiger partial charge on any atom is -0.497 e. The van der Waals surface area contributed by atoms with Crippen LogP contribution in [0.1, 0.15) is 45.6 Å². The van der Waals surface area contributed by atoms with Gasteiger partial charge in [-0.3, -0.25) is 13.9 Å². The minimum atomic E-state index is -3.59. The topological polar surface area (TPSA) is 96.0 Å². The third kappa shape index (κ3) is 9.09. The van der Waals surface area contributed by atoms with Crippen molar-refractivity contribution in [1.29, 1.82) is 0 Å². The standard InChI is InChI=1S/C26H35Cl2N3O5S/c1-6-18(2)29-26(33)19(3)30(17-20-9-10-21(27)16-24(20)28)25(32)8-7-15-31(37(5,34)35)22-11-13-23(36-4)14-12-22/h9-14,16,18-19H,6-8,15,17H2,1-5H3,(H,29,33). The molecule has 2 unspecified atom stereocenters. The van der Waals surface area contributed by atoms with Crippen LogP contribution >= 0.6 is 23.2 Å². The molecule has 8 nitrogen and oxygen atoms in total. The number of nitrogens with zero attached hydrogens (tertiary/aromatic N) is 2. The molecule has 2 aromatic rings. The Balaban J connectivity index is 2.20. The highest BCUT2D eigenvalue weighted by atomic mass is 35.5. The highest BCUT2D eigenvalue weighted by Gasteiger charge is 2.28. The molecule has 0 aliphatic rings.